The number of esters is 1. The van der Waals surface area contributed by atoms with Gasteiger partial charge in [0.2, 0.25) is 0 Å². The Morgan fingerprint density at radius 2 is 2.20 bits per heavy atom. The number of carbonyl (C=O) groups is 2. The van der Waals surface area contributed by atoms with Gasteiger partial charge in [0.1, 0.15) is 10.9 Å². The smallest absolute Gasteiger partial charge is 0.325 e. The molecule has 1 amide bonds. The van der Waals surface area contributed by atoms with Gasteiger partial charge in [-0.15, -0.1) is 0 Å². The van der Waals surface area contributed by atoms with Gasteiger partial charge in [-0.2, -0.15) is 0 Å². The first-order valence-corrected chi connectivity index (χ1v) is 7.20. The number of nitrogens with zero attached hydrogens (tertiary/aromatic N) is 1. The lowest BCUT2D eigenvalue weighted by Crippen LogP contribution is -2.33. The van der Waals surface area contributed by atoms with Crippen LogP contribution in [0.25, 0.3) is 6.08 Å². The molecule has 4 nitrogen and oxygen atoms in total. The van der Waals surface area contributed by atoms with Crippen molar-refractivity contribution in [3.8, 4) is 0 Å². The summed E-state index contributed by atoms with van der Waals surface area (Å²) in [4.78, 5) is 25.1. The second-order valence-corrected chi connectivity index (χ2v) is 5.95. The highest BCUT2D eigenvalue weighted by Gasteiger charge is 2.33. The molecule has 1 aliphatic heterocycles. The third-order valence-corrected chi connectivity index (χ3v) is 4.30. The molecule has 1 saturated heterocycles. The lowest BCUT2D eigenvalue weighted by Gasteiger charge is -2.11. The molecule has 1 aromatic carbocycles. The van der Waals surface area contributed by atoms with Crippen LogP contribution in [-0.4, -0.2) is 34.8 Å². The number of carbonyl (C=O) groups excluding carboxylic acids is 2. The van der Waals surface area contributed by atoms with E-state index in [2.05, 4.69) is 4.74 Å². The summed E-state index contributed by atoms with van der Waals surface area (Å²) in [7, 11) is 1.26. The van der Waals surface area contributed by atoms with Gasteiger partial charge in [0, 0.05) is 5.02 Å². The van der Waals surface area contributed by atoms with Crippen molar-refractivity contribution in [2.75, 3.05) is 13.7 Å². The number of ether oxygens (including phenoxy) is 1. The number of benzene rings is 1. The number of hydrogen-bond donors (Lipinski definition) is 0. The summed E-state index contributed by atoms with van der Waals surface area (Å²) in [5.41, 5.74) is 0.729. The molecule has 1 fully saturated rings. The van der Waals surface area contributed by atoms with Gasteiger partial charge in [0.15, 0.2) is 0 Å². The lowest BCUT2D eigenvalue weighted by molar-refractivity contribution is -0.143. The minimum atomic E-state index is -0.514. The second-order valence-electron chi connectivity index (χ2n) is 3.87. The average Bonchev–Trinajstić information content (AvgIpc) is 2.69. The largest absolute Gasteiger partial charge is 0.468 e. The Balaban J connectivity index is 2.24. The van der Waals surface area contributed by atoms with E-state index in [0.29, 0.717) is 14.2 Å². The average molecular weight is 328 g/mol. The van der Waals surface area contributed by atoms with Crippen molar-refractivity contribution in [3.63, 3.8) is 0 Å². The molecule has 1 heterocycles. The Hall–Kier alpha value is -1.37. The van der Waals surface area contributed by atoms with Crippen LogP contribution in [0, 0.1) is 0 Å². The maximum Gasteiger partial charge on any atom is 0.325 e. The number of amides is 1. The summed E-state index contributed by atoms with van der Waals surface area (Å²) in [6.07, 6.45) is 1.67. The molecule has 0 spiro atoms. The molecule has 0 aromatic heterocycles. The van der Waals surface area contributed by atoms with E-state index in [1.54, 1.807) is 18.2 Å². The standard InChI is InChI=1S/C13H10ClNO3S2/c1-18-11(16)7-15-12(17)10(20-13(15)19)6-8-4-2-3-5-9(8)14/h2-6H,7H2,1H3/b10-6-. The predicted octanol–water partition coefficient (Wildman–Crippen LogP) is 2.71. The van der Waals surface area contributed by atoms with E-state index in [0.717, 1.165) is 17.3 Å². The first kappa shape index (κ1) is 15.0. The van der Waals surface area contributed by atoms with Crippen LogP contribution >= 0.6 is 35.6 Å². The molecule has 0 radical (unpaired) electrons. The topological polar surface area (TPSA) is 46.6 Å². The highest BCUT2D eigenvalue weighted by atomic mass is 35.5. The van der Waals surface area contributed by atoms with E-state index in [1.807, 2.05) is 12.1 Å². The Morgan fingerprint density at radius 3 is 2.85 bits per heavy atom. The number of methoxy groups -OCH3 is 1. The molecule has 1 aliphatic rings. The van der Waals surface area contributed by atoms with Crippen molar-refractivity contribution in [2.24, 2.45) is 0 Å². The van der Waals surface area contributed by atoms with E-state index in [1.165, 1.54) is 12.0 Å². The van der Waals surface area contributed by atoms with E-state index in [9.17, 15) is 9.59 Å². The van der Waals surface area contributed by atoms with Crippen LogP contribution in [0.15, 0.2) is 29.2 Å². The number of thiocarbonyl (C=S) groups is 1. The fourth-order valence-electron chi connectivity index (χ4n) is 1.56. The predicted molar refractivity (Wildman–Crippen MR) is 83.3 cm³/mol. The molecule has 104 valence electrons. The minimum absolute atomic E-state index is 0.180. The summed E-state index contributed by atoms with van der Waals surface area (Å²) in [6, 6.07) is 7.17. The fraction of sp³-hybridized carbons (Fsp3) is 0.154. The van der Waals surface area contributed by atoms with Crippen molar-refractivity contribution in [1.29, 1.82) is 0 Å². The number of hydrogen-bond acceptors (Lipinski definition) is 5. The van der Waals surface area contributed by atoms with Crippen molar-refractivity contribution in [3.05, 3.63) is 39.8 Å². The van der Waals surface area contributed by atoms with Gasteiger partial charge < -0.3 is 4.74 Å². The lowest BCUT2D eigenvalue weighted by atomic mass is 10.2. The molecule has 2 rings (SSSR count). The van der Waals surface area contributed by atoms with Gasteiger partial charge in [-0.3, -0.25) is 14.5 Å². The first-order valence-electron chi connectivity index (χ1n) is 5.59. The van der Waals surface area contributed by atoms with Gasteiger partial charge in [-0.1, -0.05) is 53.8 Å². The Morgan fingerprint density at radius 1 is 1.50 bits per heavy atom. The first-order chi connectivity index (χ1) is 9.52. The van der Waals surface area contributed by atoms with Crippen LogP contribution in [0.3, 0.4) is 0 Å². The van der Waals surface area contributed by atoms with E-state index < -0.39 is 5.97 Å². The molecule has 0 N–H and O–H groups in total. The van der Waals surface area contributed by atoms with Gasteiger partial charge >= 0.3 is 5.97 Å². The maximum atomic E-state index is 12.2. The molecule has 0 aliphatic carbocycles. The normalized spacial score (nSPS) is 16.9. The van der Waals surface area contributed by atoms with Crippen molar-refractivity contribution in [2.45, 2.75) is 0 Å². The molecule has 0 bridgehead atoms. The second kappa shape index (κ2) is 6.39. The Bertz CT molecular complexity index is 615. The summed E-state index contributed by atoms with van der Waals surface area (Å²) in [5, 5.41) is 0.547. The highest BCUT2D eigenvalue weighted by Crippen LogP contribution is 2.33. The number of rotatable bonds is 3. The van der Waals surface area contributed by atoms with E-state index >= 15 is 0 Å². The van der Waals surface area contributed by atoms with Crippen molar-refractivity contribution >= 4 is 57.9 Å². The maximum absolute atomic E-state index is 12.2. The Labute approximate surface area is 130 Å². The Kier molecular flexibility index (Phi) is 4.80. The van der Waals surface area contributed by atoms with Crippen LogP contribution in [0.5, 0.6) is 0 Å². The molecule has 1 aromatic rings. The summed E-state index contributed by atoms with van der Waals surface area (Å²) in [6.45, 7) is -0.180. The SMILES string of the molecule is COC(=O)CN1C(=O)/C(=C/c2ccccc2Cl)SC1=S. The number of thioether (sulfide) groups is 1. The third-order valence-electron chi connectivity index (χ3n) is 2.58. The highest BCUT2D eigenvalue weighted by molar-refractivity contribution is 8.26. The zero-order chi connectivity index (χ0) is 14.7. The molecule has 0 saturated carbocycles. The van der Waals surface area contributed by atoms with Gasteiger partial charge in [-0.25, -0.2) is 0 Å². The summed E-state index contributed by atoms with van der Waals surface area (Å²) >= 11 is 12.3. The molecule has 0 unspecified atom stereocenters. The van der Waals surface area contributed by atoms with Crippen LogP contribution in [0.4, 0.5) is 0 Å². The summed E-state index contributed by atoms with van der Waals surface area (Å²) < 4.78 is 4.87. The molecular weight excluding hydrogens is 318 g/mol. The van der Waals surface area contributed by atoms with Crippen molar-refractivity contribution in [1.82, 2.24) is 4.90 Å². The van der Waals surface area contributed by atoms with Gasteiger partial charge in [-0.05, 0) is 17.7 Å². The molecule has 7 heteroatoms. The van der Waals surface area contributed by atoms with E-state index in [-0.39, 0.29) is 12.5 Å². The fourth-order valence-corrected chi connectivity index (χ4v) is 3.00. The van der Waals surface area contributed by atoms with Crippen LogP contribution in [0.1, 0.15) is 5.56 Å². The van der Waals surface area contributed by atoms with Crippen LogP contribution in [-0.2, 0) is 14.3 Å². The van der Waals surface area contributed by atoms with Crippen LogP contribution < -0.4 is 0 Å². The number of halogens is 1. The summed E-state index contributed by atoms with van der Waals surface area (Å²) in [5.74, 6) is -0.828. The zero-order valence-corrected chi connectivity index (χ0v) is 12.8. The molecule has 20 heavy (non-hydrogen) atoms. The minimum Gasteiger partial charge on any atom is -0.468 e. The van der Waals surface area contributed by atoms with Gasteiger partial charge in [0.25, 0.3) is 5.91 Å². The quantitative estimate of drug-likeness (QED) is 0.485. The van der Waals surface area contributed by atoms with Crippen molar-refractivity contribution < 1.29 is 14.3 Å². The monoisotopic (exact) mass is 327 g/mol. The third kappa shape index (κ3) is 3.20. The molecular formula is C13H10ClNO3S2. The van der Waals surface area contributed by atoms with E-state index in [4.69, 9.17) is 23.8 Å². The zero-order valence-electron chi connectivity index (χ0n) is 10.5. The van der Waals surface area contributed by atoms with Gasteiger partial charge in [0.05, 0.1) is 12.0 Å². The molecule has 0 atom stereocenters. The van der Waals surface area contributed by atoms with Crippen LogP contribution in [0.2, 0.25) is 5.02 Å².